The number of aryl methyl sites for hydroxylation is 1. The average Bonchev–Trinajstić information content (AvgIpc) is 2.84. The third kappa shape index (κ3) is 1.93. The Morgan fingerprint density at radius 3 is 2.58 bits per heavy atom. The maximum atomic E-state index is 12.9. The van der Waals surface area contributed by atoms with Crippen molar-refractivity contribution in [1.82, 2.24) is 4.98 Å². The van der Waals surface area contributed by atoms with Gasteiger partial charge < -0.3 is 4.98 Å². The Hall–Kier alpha value is -2.42. The Kier molecular flexibility index (Phi) is 2.67. The van der Waals surface area contributed by atoms with Crippen molar-refractivity contribution >= 4 is 16.7 Å². The van der Waals surface area contributed by atoms with E-state index in [1.165, 1.54) is 24.3 Å². The number of hydrogen-bond donors (Lipinski definition) is 1. The quantitative estimate of drug-likeness (QED) is 0.691. The molecule has 0 spiro atoms. The largest absolute Gasteiger partial charge is 0.360 e. The van der Waals surface area contributed by atoms with Crippen LogP contribution in [0.1, 0.15) is 21.5 Å². The van der Waals surface area contributed by atoms with Gasteiger partial charge in [0.15, 0.2) is 5.78 Å². The molecule has 94 valence electrons. The second-order valence-corrected chi connectivity index (χ2v) is 4.54. The van der Waals surface area contributed by atoms with Crippen molar-refractivity contribution in [2.45, 2.75) is 6.92 Å². The molecule has 19 heavy (non-hydrogen) atoms. The minimum atomic E-state index is -0.341. The third-order valence-corrected chi connectivity index (χ3v) is 3.27. The third-order valence-electron chi connectivity index (χ3n) is 3.27. The summed E-state index contributed by atoms with van der Waals surface area (Å²) in [6.45, 7) is 1.97. The number of nitrogens with one attached hydrogen (secondary N) is 1. The van der Waals surface area contributed by atoms with Crippen molar-refractivity contribution in [2.75, 3.05) is 0 Å². The van der Waals surface area contributed by atoms with Crippen LogP contribution in [0.4, 0.5) is 4.39 Å². The van der Waals surface area contributed by atoms with E-state index in [4.69, 9.17) is 0 Å². The Bertz CT molecular complexity index is 756. The van der Waals surface area contributed by atoms with Crippen LogP contribution in [0.2, 0.25) is 0 Å². The van der Waals surface area contributed by atoms with Crippen LogP contribution in [0, 0.1) is 12.7 Å². The van der Waals surface area contributed by atoms with Gasteiger partial charge in [0, 0.05) is 28.2 Å². The zero-order valence-electron chi connectivity index (χ0n) is 10.4. The molecule has 3 aromatic rings. The Morgan fingerprint density at radius 2 is 1.84 bits per heavy atom. The molecule has 0 radical (unpaired) electrons. The second kappa shape index (κ2) is 4.35. The highest BCUT2D eigenvalue weighted by Gasteiger charge is 2.15. The van der Waals surface area contributed by atoms with Gasteiger partial charge in [-0.3, -0.25) is 4.79 Å². The van der Waals surface area contributed by atoms with E-state index in [0.29, 0.717) is 11.1 Å². The van der Waals surface area contributed by atoms with Gasteiger partial charge in [-0.25, -0.2) is 4.39 Å². The van der Waals surface area contributed by atoms with Crippen LogP contribution in [0.3, 0.4) is 0 Å². The van der Waals surface area contributed by atoms with E-state index in [9.17, 15) is 9.18 Å². The molecule has 0 saturated heterocycles. The lowest BCUT2D eigenvalue weighted by Crippen LogP contribution is -2.00. The molecule has 0 aliphatic carbocycles. The van der Waals surface area contributed by atoms with Crippen LogP contribution in [0.15, 0.2) is 48.7 Å². The number of carbonyl (C=O) groups is 1. The molecule has 0 unspecified atom stereocenters. The van der Waals surface area contributed by atoms with Gasteiger partial charge in [0.2, 0.25) is 0 Å². The van der Waals surface area contributed by atoms with Gasteiger partial charge in [-0.1, -0.05) is 12.1 Å². The Balaban J connectivity index is 2.14. The van der Waals surface area contributed by atoms with Gasteiger partial charge in [-0.05, 0) is 42.8 Å². The van der Waals surface area contributed by atoms with E-state index < -0.39 is 0 Å². The Labute approximate surface area is 109 Å². The van der Waals surface area contributed by atoms with Crippen molar-refractivity contribution in [1.29, 1.82) is 0 Å². The first kappa shape index (κ1) is 11.7. The van der Waals surface area contributed by atoms with E-state index in [-0.39, 0.29) is 11.6 Å². The van der Waals surface area contributed by atoms with Gasteiger partial charge >= 0.3 is 0 Å². The summed E-state index contributed by atoms with van der Waals surface area (Å²) in [5.41, 5.74) is 3.10. The SMILES string of the molecule is Cc1cccc2[nH]cc(C(=O)c3ccc(F)cc3)c12. The first-order valence-corrected chi connectivity index (χ1v) is 6.04. The number of rotatable bonds is 2. The summed E-state index contributed by atoms with van der Waals surface area (Å²) in [7, 11) is 0. The zero-order valence-corrected chi connectivity index (χ0v) is 10.4. The molecule has 0 fully saturated rings. The number of aromatic nitrogens is 1. The summed E-state index contributed by atoms with van der Waals surface area (Å²) in [6.07, 6.45) is 1.71. The molecule has 3 heteroatoms. The molecule has 0 atom stereocenters. The van der Waals surface area contributed by atoms with E-state index in [1.807, 2.05) is 25.1 Å². The van der Waals surface area contributed by atoms with Crippen molar-refractivity contribution < 1.29 is 9.18 Å². The molecule has 0 bridgehead atoms. The topological polar surface area (TPSA) is 32.9 Å². The lowest BCUT2D eigenvalue weighted by molar-refractivity contribution is 0.104. The normalized spacial score (nSPS) is 10.8. The van der Waals surface area contributed by atoms with Crippen LogP contribution in [0.25, 0.3) is 10.9 Å². The second-order valence-electron chi connectivity index (χ2n) is 4.54. The molecular formula is C16H12FNO. The molecule has 0 amide bonds. The highest BCUT2D eigenvalue weighted by atomic mass is 19.1. The van der Waals surface area contributed by atoms with Crippen LogP contribution in [0.5, 0.6) is 0 Å². The monoisotopic (exact) mass is 253 g/mol. The number of aromatic amines is 1. The molecule has 2 nitrogen and oxygen atoms in total. The number of ketones is 1. The van der Waals surface area contributed by atoms with Gasteiger partial charge in [0.05, 0.1) is 0 Å². The van der Waals surface area contributed by atoms with E-state index in [1.54, 1.807) is 6.20 Å². The lowest BCUT2D eigenvalue weighted by atomic mass is 10.00. The number of halogens is 1. The molecule has 1 N–H and O–H groups in total. The summed E-state index contributed by atoms with van der Waals surface area (Å²) < 4.78 is 12.9. The fraction of sp³-hybridized carbons (Fsp3) is 0.0625. The first-order valence-electron chi connectivity index (χ1n) is 6.04. The van der Waals surface area contributed by atoms with Gasteiger partial charge in [-0.2, -0.15) is 0 Å². The van der Waals surface area contributed by atoms with Gasteiger partial charge in [-0.15, -0.1) is 0 Å². The molecule has 0 saturated carbocycles. The fourth-order valence-corrected chi connectivity index (χ4v) is 2.30. The maximum Gasteiger partial charge on any atom is 0.195 e. The summed E-state index contributed by atoms with van der Waals surface area (Å²) in [5, 5.41) is 0.928. The van der Waals surface area contributed by atoms with Crippen molar-refractivity contribution in [3.63, 3.8) is 0 Å². The van der Waals surface area contributed by atoms with Gasteiger partial charge in [0.1, 0.15) is 5.82 Å². The zero-order chi connectivity index (χ0) is 13.4. The molecule has 1 heterocycles. The number of H-pyrrole nitrogens is 1. The van der Waals surface area contributed by atoms with Gasteiger partial charge in [0.25, 0.3) is 0 Å². The molecule has 2 aromatic carbocycles. The predicted octanol–water partition coefficient (Wildman–Crippen LogP) is 3.85. The standard InChI is InChI=1S/C16H12FNO/c1-10-3-2-4-14-15(10)13(9-18-14)16(19)11-5-7-12(17)8-6-11/h2-9,18H,1H3. The minimum absolute atomic E-state index is 0.0967. The highest BCUT2D eigenvalue weighted by molar-refractivity contribution is 6.16. The van der Waals surface area contributed by atoms with Crippen LogP contribution < -0.4 is 0 Å². The van der Waals surface area contributed by atoms with Crippen LogP contribution >= 0.6 is 0 Å². The fourth-order valence-electron chi connectivity index (χ4n) is 2.30. The molecule has 3 rings (SSSR count). The molecule has 1 aromatic heterocycles. The lowest BCUT2D eigenvalue weighted by Gasteiger charge is -2.02. The molecule has 0 aliphatic rings. The smallest absolute Gasteiger partial charge is 0.195 e. The highest BCUT2D eigenvalue weighted by Crippen LogP contribution is 2.24. The minimum Gasteiger partial charge on any atom is -0.360 e. The maximum absolute atomic E-state index is 12.9. The van der Waals surface area contributed by atoms with Crippen LogP contribution in [-0.2, 0) is 0 Å². The number of fused-ring (bicyclic) bond motifs is 1. The number of hydrogen-bond acceptors (Lipinski definition) is 1. The van der Waals surface area contributed by atoms with Crippen molar-refractivity contribution in [3.05, 3.63) is 71.2 Å². The first-order chi connectivity index (χ1) is 9.16. The van der Waals surface area contributed by atoms with Crippen molar-refractivity contribution in [2.24, 2.45) is 0 Å². The van der Waals surface area contributed by atoms with E-state index in [0.717, 1.165) is 16.5 Å². The summed E-state index contributed by atoms with van der Waals surface area (Å²) in [6, 6.07) is 11.5. The summed E-state index contributed by atoms with van der Waals surface area (Å²) >= 11 is 0. The average molecular weight is 253 g/mol. The summed E-state index contributed by atoms with van der Waals surface area (Å²) in [5.74, 6) is -0.438. The molecule has 0 aliphatic heterocycles. The number of carbonyl (C=O) groups excluding carboxylic acids is 1. The predicted molar refractivity (Wildman–Crippen MR) is 72.9 cm³/mol. The Morgan fingerprint density at radius 1 is 1.11 bits per heavy atom. The van der Waals surface area contributed by atoms with Crippen molar-refractivity contribution in [3.8, 4) is 0 Å². The molecular weight excluding hydrogens is 241 g/mol. The van der Waals surface area contributed by atoms with E-state index >= 15 is 0 Å². The van der Waals surface area contributed by atoms with E-state index in [2.05, 4.69) is 4.98 Å². The van der Waals surface area contributed by atoms with Crippen LogP contribution in [-0.4, -0.2) is 10.8 Å². The summed E-state index contributed by atoms with van der Waals surface area (Å²) in [4.78, 5) is 15.5. The number of benzene rings is 2.